The van der Waals surface area contributed by atoms with E-state index in [9.17, 15) is 0 Å². The first kappa shape index (κ1) is 22.8. The van der Waals surface area contributed by atoms with Gasteiger partial charge in [-0.15, -0.1) is 11.8 Å². The topological polar surface area (TPSA) is 0 Å². The number of halogens is 1. The van der Waals surface area contributed by atoms with Gasteiger partial charge in [0.1, 0.15) is 0 Å². The minimum Gasteiger partial charge on any atom is -0.126 e. The Labute approximate surface area is 173 Å². The summed E-state index contributed by atoms with van der Waals surface area (Å²) < 4.78 is 0. The van der Waals surface area contributed by atoms with E-state index in [4.69, 9.17) is 0 Å². The zero-order chi connectivity index (χ0) is 19.4. The van der Waals surface area contributed by atoms with Crippen molar-refractivity contribution < 1.29 is 0 Å². The minimum absolute atomic E-state index is 0.319. The van der Waals surface area contributed by atoms with Gasteiger partial charge in [-0.2, -0.15) is 0 Å². The number of rotatable bonds is 10. The van der Waals surface area contributed by atoms with Crippen LogP contribution >= 0.6 is 27.7 Å². The molecule has 0 heterocycles. The molecule has 0 saturated carbocycles. The quantitative estimate of drug-likeness (QED) is 0.204. The number of hydrogen-bond acceptors (Lipinski definition) is 1. The Hall–Kier alpha value is -1.25. The second-order valence-corrected chi connectivity index (χ2v) is 7.85. The number of thioether (sulfide) groups is 1. The standard InChI is InChI=1S/C24H31BrS/c1-6-9-13-17-26-20(5)24(19(4)21(8-3)14-10-7-2)23-16-12-11-15-22(23)18-25/h7-16,19H,2,6,17-18H2,1,3-5H3/b13-9-,14-10-,21-8+,24-20+. The van der Waals surface area contributed by atoms with Gasteiger partial charge < -0.3 is 0 Å². The molecular formula is C24H31BrS. The lowest BCUT2D eigenvalue weighted by Crippen LogP contribution is -2.05. The van der Waals surface area contributed by atoms with Gasteiger partial charge in [0.25, 0.3) is 0 Å². The van der Waals surface area contributed by atoms with Crippen molar-refractivity contribution in [1.82, 2.24) is 0 Å². The van der Waals surface area contributed by atoms with E-state index in [1.54, 1.807) is 0 Å². The van der Waals surface area contributed by atoms with Gasteiger partial charge in [0.15, 0.2) is 0 Å². The summed E-state index contributed by atoms with van der Waals surface area (Å²) in [5, 5.41) is 0.862. The molecule has 1 unspecified atom stereocenters. The molecule has 0 N–H and O–H groups in total. The summed E-state index contributed by atoms with van der Waals surface area (Å²) in [6, 6.07) is 8.71. The Balaban J connectivity index is 3.39. The summed E-state index contributed by atoms with van der Waals surface area (Å²) in [6.07, 6.45) is 13.8. The number of alkyl halides is 1. The number of benzene rings is 1. The number of allylic oxidation sites excluding steroid dienone is 8. The fourth-order valence-electron chi connectivity index (χ4n) is 2.95. The van der Waals surface area contributed by atoms with Crippen molar-refractivity contribution in [3.63, 3.8) is 0 Å². The highest BCUT2D eigenvalue weighted by Gasteiger charge is 2.19. The summed E-state index contributed by atoms with van der Waals surface area (Å²) >= 11 is 5.59. The summed E-state index contributed by atoms with van der Waals surface area (Å²) in [6.45, 7) is 12.6. The van der Waals surface area contributed by atoms with Crippen molar-refractivity contribution in [2.24, 2.45) is 5.92 Å². The average Bonchev–Trinajstić information content (AvgIpc) is 2.66. The van der Waals surface area contributed by atoms with Crippen LogP contribution in [0.4, 0.5) is 0 Å². The molecule has 0 aliphatic carbocycles. The zero-order valence-electron chi connectivity index (χ0n) is 16.5. The molecule has 0 saturated heterocycles. The fourth-order valence-corrected chi connectivity index (χ4v) is 4.36. The fraction of sp³-hybridized carbons (Fsp3) is 0.333. The van der Waals surface area contributed by atoms with Crippen LogP contribution in [-0.2, 0) is 5.33 Å². The molecule has 0 bridgehead atoms. The van der Waals surface area contributed by atoms with Gasteiger partial charge >= 0.3 is 0 Å². The molecule has 1 rings (SSSR count). The Morgan fingerprint density at radius 2 is 2.00 bits per heavy atom. The average molecular weight is 431 g/mol. The highest BCUT2D eigenvalue weighted by Crippen LogP contribution is 2.38. The van der Waals surface area contributed by atoms with Crippen LogP contribution in [-0.4, -0.2) is 5.75 Å². The van der Waals surface area contributed by atoms with E-state index in [2.05, 4.69) is 98.8 Å². The van der Waals surface area contributed by atoms with Crippen molar-refractivity contribution in [3.8, 4) is 0 Å². The monoisotopic (exact) mass is 430 g/mol. The lowest BCUT2D eigenvalue weighted by atomic mass is 9.85. The first-order valence-corrected chi connectivity index (χ1v) is 11.3. The number of hydrogen-bond donors (Lipinski definition) is 0. The maximum absolute atomic E-state index is 3.81. The molecule has 1 atom stereocenters. The van der Waals surface area contributed by atoms with Crippen molar-refractivity contribution >= 4 is 33.3 Å². The van der Waals surface area contributed by atoms with Crippen LogP contribution in [0, 0.1) is 5.92 Å². The van der Waals surface area contributed by atoms with Gasteiger partial charge in [-0.05, 0) is 47.4 Å². The second-order valence-electron chi connectivity index (χ2n) is 6.06. The van der Waals surface area contributed by atoms with Gasteiger partial charge in [0.05, 0.1) is 0 Å². The molecule has 0 radical (unpaired) electrons. The van der Waals surface area contributed by atoms with Crippen molar-refractivity contribution in [1.29, 1.82) is 0 Å². The van der Waals surface area contributed by atoms with E-state index in [0.717, 1.165) is 17.5 Å². The molecule has 0 aliphatic rings. The van der Waals surface area contributed by atoms with E-state index in [1.807, 2.05) is 23.9 Å². The molecule has 0 amide bonds. The highest BCUT2D eigenvalue weighted by atomic mass is 79.9. The second kappa shape index (κ2) is 13.0. The predicted molar refractivity (Wildman–Crippen MR) is 126 cm³/mol. The molecule has 0 aromatic heterocycles. The maximum atomic E-state index is 3.81. The summed E-state index contributed by atoms with van der Waals surface area (Å²) in [5.41, 5.74) is 5.40. The van der Waals surface area contributed by atoms with Crippen LogP contribution in [0.5, 0.6) is 0 Å². The first-order chi connectivity index (χ1) is 12.6. The minimum atomic E-state index is 0.319. The Kier molecular flexibility index (Phi) is 11.4. The van der Waals surface area contributed by atoms with Crippen LogP contribution in [0.15, 0.2) is 77.8 Å². The van der Waals surface area contributed by atoms with E-state index in [-0.39, 0.29) is 0 Å². The van der Waals surface area contributed by atoms with E-state index >= 15 is 0 Å². The summed E-state index contributed by atoms with van der Waals surface area (Å²) in [4.78, 5) is 1.39. The molecule has 140 valence electrons. The molecule has 0 nitrogen and oxygen atoms in total. The molecule has 1 aromatic rings. The Morgan fingerprint density at radius 3 is 2.62 bits per heavy atom. The van der Waals surface area contributed by atoms with E-state index < -0.39 is 0 Å². The largest absolute Gasteiger partial charge is 0.126 e. The Morgan fingerprint density at radius 1 is 1.27 bits per heavy atom. The van der Waals surface area contributed by atoms with Gasteiger partial charge in [-0.1, -0.05) is 97.1 Å². The van der Waals surface area contributed by atoms with Crippen LogP contribution < -0.4 is 0 Å². The highest BCUT2D eigenvalue weighted by molar-refractivity contribution is 9.08. The normalized spacial score (nSPS) is 14.7. The molecule has 0 aliphatic heterocycles. The third-order valence-electron chi connectivity index (χ3n) is 4.32. The predicted octanol–water partition coefficient (Wildman–Crippen LogP) is 8.34. The maximum Gasteiger partial charge on any atom is 0.0289 e. The molecular weight excluding hydrogens is 400 g/mol. The smallest absolute Gasteiger partial charge is 0.0289 e. The SMILES string of the molecule is C=C/C=C\C(=C/C)C(C)/C(=C(/C)SC/C=C\CC)c1ccccc1CBr. The van der Waals surface area contributed by atoms with Gasteiger partial charge in [0.2, 0.25) is 0 Å². The first-order valence-electron chi connectivity index (χ1n) is 9.18. The molecule has 26 heavy (non-hydrogen) atoms. The molecule has 0 fully saturated rings. The lowest BCUT2D eigenvalue weighted by molar-refractivity contribution is 0.906. The van der Waals surface area contributed by atoms with Crippen molar-refractivity contribution in [2.75, 3.05) is 5.75 Å². The molecule has 0 spiro atoms. The van der Waals surface area contributed by atoms with Gasteiger partial charge in [-0.25, -0.2) is 0 Å². The zero-order valence-corrected chi connectivity index (χ0v) is 18.9. The third kappa shape index (κ3) is 6.81. The van der Waals surface area contributed by atoms with E-state index in [1.165, 1.54) is 27.2 Å². The van der Waals surface area contributed by atoms with Gasteiger partial charge in [-0.3, -0.25) is 0 Å². The van der Waals surface area contributed by atoms with Crippen LogP contribution in [0.1, 0.15) is 45.2 Å². The van der Waals surface area contributed by atoms with E-state index in [0.29, 0.717) is 5.92 Å². The van der Waals surface area contributed by atoms with Crippen LogP contribution in [0.3, 0.4) is 0 Å². The molecule has 2 heteroatoms. The molecule has 1 aromatic carbocycles. The summed E-state index contributed by atoms with van der Waals surface area (Å²) in [7, 11) is 0. The van der Waals surface area contributed by atoms with Crippen molar-refractivity contribution in [3.05, 3.63) is 88.9 Å². The van der Waals surface area contributed by atoms with Gasteiger partial charge in [0, 0.05) is 17.0 Å². The Bertz CT molecular complexity index is 692. The lowest BCUT2D eigenvalue weighted by Gasteiger charge is -2.23. The summed E-state index contributed by atoms with van der Waals surface area (Å²) in [5.74, 6) is 1.33. The van der Waals surface area contributed by atoms with Crippen LogP contribution in [0.2, 0.25) is 0 Å². The van der Waals surface area contributed by atoms with Crippen LogP contribution in [0.25, 0.3) is 5.57 Å². The van der Waals surface area contributed by atoms with Crippen molar-refractivity contribution in [2.45, 2.75) is 39.4 Å². The third-order valence-corrected chi connectivity index (χ3v) is 5.94.